The first kappa shape index (κ1) is 15.5. The molecule has 0 aliphatic heterocycles. The van der Waals surface area contributed by atoms with E-state index in [-0.39, 0.29) is 12.5 Å². The van der Waals surface area contributed by atoms with Gasteiger partial charge in [-0.3, -0.25) is 4.79 Å². The summed E-state index contributed by atoms with van der Waals surface area (Å²) in [5.41, 5.74) is 3.66. The van der Waals surface area contributed by atoms with Gasteiger partial charge >= 0.3 is 0 Å². The van der Waals surface area contributed by atoms with Gasteiger partial charge in [-0.2, -0.15) is 0 Å². The Balaban J connectivity index is 2.02. The largest absolute Gasteiger partial charge is 0.395 e. The molecule has 108 valence electrons. The molecule has 0 radical (unpaired) electrons. The summed E-state index contributed by atoms with van der Waals surface area (Å²) < 4.78 is 0. The molecule has 0 unspecified atom stereocenters. The number of halogens is 1. The van der Waals surface area contributed by atoms with Crippen molar-refractivity contribution in [1.29, 1.82) is 0 Å². The number of carbonyl (C=O) groups is 1. The number of aromatic nitrogens is 1. The Hall–Kier alpha value is -1.87. The summed E-state index contributed by atoms with van der Waals surface area (Å²) in [4.78, 5) is 16.1. The number of nitrogens with one attached hydrogen (secondary N) is 1. The van der Waals surface area contributed by atoms with Crippen LogP contribution < -0.4 is 5.32 Å². The molecule has 0 fully saturated rings. The van der Waals surface area contributed by atoms with Crippen molar-refractivity contribution in [3.05, 3.63) is 50.9 Å². The minimum atomic E-state index is -0.209. The van der Waals surface area contributed by atoms with E-state index in [1.54, 1.807) is 23.7 Å². The molecule has 1 aromatic heterocycles. The Morgan fingerprint density at radius 3 is 3.00 bits per heavy atom. The second-order valence-corrected chi connectivity index (χ2v) is 5.26. The predicted octanol–water partition coefficient (Wildman–Crippen LogP) is 2.46. The zero-order valence-corrected chi connectivity index (χ0v) is 12.7. The fourth-order valence-electron chi connectivity index (χ4n) is 1.57. The maximum absolute atomic E-state index is 12.0. The third-order valence-electron chi connectivity index (χ3n) is 2.60. The van der Waals surface area contributed by atoms with Crippen molar-refractivity contribution in [3.8, 4) is 11.8 Å². The highest BCUT2D eigenvalue weighted by atomic mass is 35.5. The van der Waals surface area contributed by atoms with Crippen LogP contribution in [0.1, 0.15) is 28.0 Å². The summed E-state index contributed by atoms with van der Waals surface area (Å²) >= 11 is 7.58. The second kappa shape index (κ2) is 7.79. The SMILES string of the molecule is O=C(NCc1cscn1)c1ccc(C#CCCO)c(Cl)c1. The Morgan fingerprint density at radius 2 is 2.33 bits per heavy atom. The van der Waals surface area contributed by atoms with E-state index in [0.29, 0.717) is 29.1 Å². The Kier molecular flexibility index (Phi) is 5.76. The molecule has 1 heterocycles. The quantitative estimate of drug-likeness (QED) is 0.851. The standard InChI is InChI=1S/C15H13ClN2O2S/c16-14-7-12(5-4-11(14)3-1-2-6-19)15(20)17-8-13-9-21-10-18-13/h4-5,7,9-10,19H,2,6,8H2,(H,17,20). The van der Waals surface area contributed by atoms with E-state index < -0.39 is 0 Å². The van der Waals surface area contributed by atoms with Gasteiger partial charge in [-0.05, 0) is 18.2 Å². The first-order valence-corrected chi connectivity index (χ1v) is 7.57. The summed E-state index contributed by atoms with van der Waals surface area (Å²) in [6.07, 6.45) is 0.395. The van der Waals surface area contributed by atoms with Crippen molar-refractivity contribution in [3.63, 3.8) is 0 Å². The number of thiazole rings is 1. The van der Waals surface area contributed by atoms with Gasteiger partial charge in [0.25, 0.3) is 5.91 Å². The molecule has 0 saturated heterocycles. The van der Waals surface area contributed by atoms with Crippen LogP contribution in [0.2, 0.25) is 5.02 Å². The Bertz CT molecular complexity index is 675. The van der Waals surface area contributed by atoms with E-state index in [0.717, 1.165) is 5.69 Å². The van der Waals surface area contributed by atoms with Crippen LogP contribution in [0, 0.1) is 11.8 Å². The molecule has 1 aromatic carbocycles. The normalized spacial score (nSPS) is 9.81. The van der Waals surface area contributed by atoms with Crippen LogP contribution in [0.3, 0.4) is 0 Å². The van der Waals surface area contributed by atoms with Gasteiger partial charge in [-0.1, -0.05) is 23.4 Å². The number of rotatable bonds is 4. The molecular formula is C15H13ClN2O2S. The van der Waals surface area contributed by atoms with Gasteiger partial charge < -0.3 is 10.4 Å². The lowest BCUT2D eigenvalue weighted by Crippen LogP contribution is -2.22. The molecule has 0 bridgehead atoms. The summed E-state index contributed by atoms with van der Waals surface area (Å²) in [7, 11) is 0. The van der Waals surface area contributed by atoms with Crippen LogP contribution in [0.25, 0.3) is 0 Å². The smallest absolute Gasteiger partial charge is 0.251 e. The molecule has 0 saturated carbocycles. The molecule has 2 rings (SSSR count). The lowest BCUT2D eigenvalue weighted by molar-refractivity contribution is 0.0950. The lowest BCUT2D eigenvalue weighted by Gasteiger charge is -2.05. The van der Waals surface area contributed by atoms with E-state index in [4.69, 9.17) is 16.7 Å². The molecule has 4 nitrogen and oxygen atoms in total. The number of aliphatic hydroxyl groups is 1. The third kappa shape index (κ3) is 4.57. The molecule has 1 amide bonds. The van der Waals surface area contributed by atoms with Crippen molar-refractivity contribution < 1.29 is 9.90 Å². The first-order valence-electron chi connectivity index (χ1n) is 6.25. The van der Waals surface area contributed by atoms with Gasteiger partial charge in [0.2, 0.25) is 0 Å². The van der Waals surface area contributed by atoms with Crippen molar-refractivity contribution in [2.24, 2.45) is 0 Å². The monoisotopic (exact) mass is 320 g/mol. The van der Waals surface area contributed by atoms with Gasteiger partial charge in [-0.25, -0.2) is 4.98 Å². The zero-order chi connectivity index (χ0) is 15.1. The van der Waals surface area contributed by atoms with E-state index >= 15 is 0 Å². The lowest BCUT2D eigenvalue weighted by atomic mass is 10.1. The average Bonchev–Trinajstić information content (AvgIpc) is 3.00. The van der Waals surface area contributed by atoms with Crippen LogP contribution in [-0.2, 0) is 6.54 Å². The topological polar surface area (TPSA) is 62.2 Å². The van der Waals surface area contributed by atoms with Gasteiger partial charge in [0, 0.05) is 22.9 Å². The van der Waals surface area contributed by atoms with Gasteiger partial charge in [0.1, 0.15) is 0 Å². The van der Waals surface area contributed by atoms with E-state index in [1.807, 2.05) is 5.38 Å². The minimum Gasteiger partial charge on any atom is -0.395 e. The Morgan fingerprint density at radius 1 is 1.48 bits per heavy atom. The number of benzene rings is 1. The Labute approximate surface area is 131 Å². The van der Waals surface area contributed by atoms with Crippen LogP contribution in [0.15, 0.2) is 29.1 Å². The van der Waals surface area contributed by atoms with Crippen LogP contribution >= 0.6 is 22.9 Å². The van der Waals surface area contributed by atoms with Crippen LogP contribution in [0.5, 0.6) is 0 Å². The molecule has 2 N–H and O–H groups in total. The van der Waals surface area contributed by atoms with E-state index in [1.165, 1.54) is 11.3 Å². The molecule has 0 aliphatic rings. The fraction of sp³-hybridized carbons (Fsp3) is 0.200. The molecular weight excluding hydrogens is 308 g/mol. The summed E-state index contributed by atoms with van der Waals surface area (Å²) in [6, 6.07) is 4.95. The van der Waals surface area contributed by atoms with Crippen molar-refractivity contribution >= 4 is 28.8 Å². The summed E-state index contributed by atoms with van der Waals surface area (Å²) in [5.74, 6) is 5.44. The maximum Gasteiger partial charge on any atom is 0.251 e. The predicted molar refractivity (Wildman–Crippen MR) is 83.3 cm³/mol. The number of aliphatic hydroxyl groups excluding tert-OH is 1. The fourth-order valence-corrected chi connectivity index (χ4v) is 2.36. The molecule has 2 aromatic rings. The highest BCUT2D eigenvalue weighted by Gasteiger charge is 2.08. The highest BCUT2D eigenvalue weighted by molar-refractivity contribution is 7.07. The maximum atomic E-state index is 12.0. The van der Waals surface area contributed by atoms with E-state index in [2.05, 4.69) is 22.1 Å². The third-order valence-corrected chi connectivity index (χ3v) is 3.55. The molecule has 21 heavy (non-hydrogen) atoms. The van der Waals surface area contributed by atoms with Gasteiger partial charge in [0.05, 0.1) is 29.4 Å². The molecule has 0 spiro atoms. The number of hydrogen-bond acceptors (Lipinski definition) is 4. The zero-order valence-electron chi connectivity index (χ0n) is 11.1. The molecule has 0 atom stereocenters. The number of carbonyl (C=O) groups excluding carboxylic acids is 1. The number of hydrogen-bond donors (Lipinski definition) is 2. The van der Waals surface area contributed by atoms with Crippen LogP contribution in [0.4, 0.5) is 0 Å². The second-order valence-electron chi connectivity index (χ2n) is 4.13. The number of nitrogens with zero attached hydrogens (tertiary/aromatic N) is 1. The van der Waals surface area contributed by atoms with Crippen molar-refractivity contribution in [1.82, 2.24) is 10.3 Å². The van der Waals surface area contributed by atoms with Crippen LogP contribution in [-0.4, -0.2) is 22.6 Å². The highest BCUT2D eigenvalue weighted by Crippen LogP contribution is 2.17. The average molecular weight is 321 g/mol. The number of amides is 1. The van der Waals surface area contributed by atoms with Crippen molar-refractivity contribution in [2.45, 2.75) is 13.0 Å². The summed E-state index contributed by atoms with van der Waals surface area (Å²) in [5, 5.41) is 13.8. The summed E-state index contributed by atoms with van der Waals surface area (Å²) in [6.45, 7) is 0.403. The van der Waals surface area contributed by atoms with Gasteiger partial charge in [0.15, 0.2) is 0 Å². The van der Waals surface area contributed by atoms with Crippen molar-refractivity contribution in [2.75, 3.05) is 6.61 Å². The molecule has 6 heteroatoms. The van der Waals surface area contributed by atoms with Gasteiger partial charge in [-0.15, -0.1) is 11.3 Å². The minimum absolute atomic E-state index is 0.0156. The van der Waals surface area contributed by atoms with E-state index in [9.17, 15) is 4.79 Å². The first-order chi connectivity index (χ1) is 10.2. The molecule has 0 aliphatic carbocycles.